The van der Waals surface area contributed by atoms with Gasteiger partial charge in [-0.25, -0.2) is 17.9 Å². The van der Waals surface area contributed by atoms with Gasteiger partial charge in [0, 0.05) is 25.3 Å². The minimum atomic E-state index is -3.39. The number of methoxy groups -OCH3 is 1. The molecule has 0 atom stereocenters. The van der Waals surface area contributed by atoms with Crippen molar-refractivity contribution in [2.75, 3.05) is 25.1 Å². The summed E-state index contributed by atoms with van der Waals surface area (Å²) in [7, 11) is -2.06. The Labute approximate surface area is 160 Å². The molecular formula is C20H24N2O4S. The Hall–Kier alpha value is -2.38. The van der Waals surface area contributed by atoms with Crippen LogP contribution in [-0.4, -0.2) is 39.8 Å². The van der Waals surface area contributed by atoms with Gasteiger partial charge in [0.1, 0.15) is 0 Å². The lowest BCUT2D eigenvalue weighted by atomic mass is 10.1. The molecule has 1 aliphatic heterocycles. The third-order valence-corrected chi connectivity index (χ3v) is 6.75. The highest BCUT2D eigenvalue weighted by Gasteiger charge is 2.29. The predicted molar refractivity (Wildman–Crippen MR) is 105 cm³/mol. The van der Waals surface area contributed by atoms with E-state index in [2.05, 4.69) is 14.4 Å². The Kier molecular flexibility index (Phi) is 6.13. The van der Waals surface area contributed by atoms with Crippen LogP contribution in [0.25, 0.3) is 0 Å². The highest BCUT2D eigenvalue weighted by Crippen LogP contribution is 2.23. The van der Waals surface area contributed by atoms with Gasteiger partial charge in [0.05, 0.1) is 17.9 Å². The van der Waals surface area contributed by atoms with Crippen LogP contribution in [0, 0.1) is 0 Å². The van der Waals surface area contributed by atoms with Crippen LogP contribution in [0.3, 0.4) is 0 Å². The Morgan fingerprint density at radius 2 is 1.70 bits per heavy atom. The Morgan fingerprint density at radius 1 is 1.07 bits per heavy atom. The third-order valence-electron chi connectivity index (χ3n) is 4.85. The highest BCUT2D eigenvalue weighted by atomic mass is 32.2. The van der Waals surface area contributed by atoms with Gasteiger partial charge in [-0.05, 0) is 42.7 Å². The number of ether oxygens (including phenoxy) is 1. The fourth-order valence-corrected chi connectivity index (χ4v) is 4.68. The summed E-state index contributed by atoms with van der Waals surface area (Å²) in [4.78, 5) is 13.7. The van der Waals surface area contributed by atoms with Crippen LogP contribution in [-0.2, 0) is 21.3 Å². The molecule has 144 valence electrons. The van der Waals surface area contributed by atoms with Gasteiger partial charge in [0.25, 0.3) is 0 Å². The predicted octanol–water partition coefficient (Wildman–Crippen LogP) is 2.56. The van der Waals surface area contributed by atoms with Crippen molar-refractivity contribution < 1.29 is 17.9 Å². The molecule has 0 aliphatic carbocycles. The number of hydrogen-bond acceptors (Lipinski definition) is 5. The minimum absolute atomic E-state index is 0.211. The summed E-state index contributed by atoms with van der Waals surface area (Å²) in [6, 6.07) is 16.8. The lowest BCUT2D eigenvalue weighted by molar-refractivity contribution is 0.0600. The van der Waals surface area contributed by atoms with Crippen molar-refractivity contribution in [3.63, 3.8) is 0 Å². The normalized spacial score (nSPS) is 15.5. The van der Waals surface area contributed by atoms with Crippen molar-refractivity contribution in [1.29, 1.82) is 0 Å². The molecule has 27 heavy (non-hydrogen) atoms. The minimum Gasteiger partial charge on any atom is -0.465 e. The van der Waals surface area contributed by atoms with Crippen molar-refractivity contribution in [3.8, 4) is 0 Å². The van der Waals surface area contributed by atoms with Gasteiger partial charge in [0.2, 0.25) is 10.0 Å². The number of rotatable bonds is 6. The summed E-state index contributed by atoms with van der Waals surface area (Å²) in [5, 5.41) is -0.383. The van der Waals surface area contributed by atoms with Crippen LogP contribution in [0.1, 0.15) is 28.8 Å². The molecule has 1 N–H and O–H groups in total. The molecule has 2 aromatic rings. The standard InChI is InChI=1S/C20H24N2O4S/c1-26-20(23)17-9-7-16(8-10-17)15-21-27(24,25)19-11-13-22(14-12-19)18-5-3-2-4-6-18/h2-10,19,21H,11-15H2,1H3. The number of para-hydroxylation sites is 1. The lowest BCUT2D eigenvalue weighted by Crippen LogP contribution is -2.43. The SMILES string of the molecule is COC(=O)c1ccc(CNS(=O)(=O)C2CCN(c3ccccc3)CC2)cc1. The molecule has 1 saturated heterocycles. The molecule has 0 amide bonds. The van der Waals surface area contributed by atoms with E-state index >= 15 is 0 Å². The van der Waals surface area contributed by atoms with Crippen molar-refractivity contribution in [2.24, 2.45) is 0 Å². The fraction of sp³-hybridized carbons (Fsp3) is 0.350. The first-order chi connectivity index (χ1) is 13.0. The van der Waals surface area contributed by atoms with E-state index in [1.165, 1.54) is 7.11 Å². The van der Waals surface area contributed by atoms with Crippen molar-refractivity contribution in [2.45, 2.75) is 24.6 Å². The zero-order valence-corrected chi connectivity index (χ0v) is 16.1. The Balaban J connectivity index is 1.54. The molecule has 7 heteroatoms. The molecule has 1 heterocycles. The summed E-state index contributed by atoms with van der Waals surface area (Å²) in [6.45, 7) is 1.66. The fourth-order valence-electron chi connectivity index (χ4n) is 3.24. The maximum atomic E-state index is 12.6. The molecule has 6 nitrogen and oxygen atoms in total. The smallest absolute Gasteiger partial charge is 0.337 e. The van der Waals surface area contributed by atoms with E-state index in [0.717, 1.165) is 24.3 Å². The number of carbonyl (C=O) groups excluding carboxylic acids is 1. The molecular weight excluding hydrogens is 364 g/mol. The van der Waals surface area contributed by atoms with Crippen molar-refractivity contribution in [1.82, 2.24) is 4.72 Å². The van der Waals surface area contributed by atoms with Crippen LogP contribution < -0.4 is 9.62 Å². The first-order valence-corrected chi connectivity index (χ1v) is 10.5. The van der Waals surface area contributed by atoms with Gasteiger partial charge in [-0.1, -0.05) is 30.3 Å². The molecule has 3 rings (SSSR count). The lowest BCUT2D eigenvalue weighted by Gasteiger charge is -2.33. The highest BCUT2D eigenvalue weighted by molar-refractivity contribution is 7.90. The zero-order chi connectivity index (χ0) is 19.3. The number of piperidine rings is 1. The Bertz CT molecular complexity index is 859. The second kappa shape index (κ2) is 8.54. The molecule has 0 unspecified atom stereocenters. The maximum Gasteiger partial charge on any atom is 0.337 e. The van der Waals surface area contributed by atoms with Crippen LogP contribution >= 0.6 is 0 Å². The van der Waals surface area contributed by atoms with Crippen LogP contribution in [0.15, 0.2) is 54.6 Å². The van der Waals surface area contributed by atoms with E-state index in [4.69, 9.17) is 0 Å². The first kappa shape index (κ1) is 19.4. The van der Waals surface area contributed by atoms with E-state index < -0.39 is 16.0 Å². The Morgan fingerprint density at radius 3 is 2.30 bits per heavy atom. The van der Waals surface area contributed by atoms with E-state index in [9.17, 15) is 13.2 Å². The summed E-state index contributed by atoms with van der Waals surface area (Å²) in [5.74, 6) is -0.410. The van der Waals surface area contributed by atoms with Crippen LogP contribution in [0.5, 0.6) is 0 Å². The van der Waals surface area contributed by atoms with E-state index in [0.29, 0.717) is 18.4 Å². The molecule has 2 aromatic carbocycles. The van der Waals surface area contributed by atoms with Gasteiger partial charge in [-0.2, -0.15) is 0 Å². The average Bonchev–Trinajstić information content (AvgIpc) is 2.73. The number of esters is 1. The van der Waals surface area contributed by atoms with Crippen LogP contribution in [0.4, 0.5) is 5.69 Å². The summed E-state index contributed by atoms with van der Waals surface area (Å²) < 4.78 is 32.6. The average molecular weight is 388 g/mol. The van der Waals surface area contributed by atoms with Gasteiger partial charge in [0.15, 0.2) is 0 Å². The number of nitrogens with zero attached hydrogens (tertiary/aromatic N) is 1. The molecule has 0 bridgehead atoms. The number of benzene rings is 2. The number of anilines is 1. The molecule has 0 saturated carbocycles. The number of sulfonamides is 1. The van der Waals surface area contributed by atoms with Crippen molar-refractivity contribution in [3.05, 3.63) is 65.7 Å². The number of hydrogen-bond donors (Lipinski definition) is 1. The third kappa shape index (κ3) is 4.87. The summed E-state index contributed by atoms with van der Waals surface area (Å²) in [6.07, 6.45) is 1.21. The topological polar surface area (TPSA) is 75.7 Å². The van der Waals surface area contributed by atoms with Crippen LogP contribution in [0.2, 0.25) is 0 Å². The molecule has 1 aliphatic rings. The maximum absolute atomic E-state index is 12.6. The zero-order valence-electron chi connectivity index (χ0n) is 15.3. The summed E-state index contributed by atoms with van der Waals surface area (Å²) >= 11 is 0. The molecule has 0 spiro atoms. The second-order valence-electron chi connectivity index (χ2n) is 6.58. The monoisotopic (exact) mass is 388 g/mol. The van der Waals surface area contributed by atoms with Gasteiger partial charge in [-0.15, -0.1) is 0 Å². The van der Waals surface area contributed by atoms with Gasteiger partial charge >= 0.3 is 5.97 Å². The number of carbonyl (C=O) groups is 1. The van der Waals surface area contributed by atoms with E-state index in [1.807, 2.05) is 30.3 Å². The van der Waals surface area contributed by atoms with E-state index in [1.54, 1.807) is 24.3 Å². The quantitative estimate of drug-likeness (QED) is 0.770. The van der Waals surface area contributed by atoms with Gasteiger partial charge in [-0.3, -0.25) is 0 Å². The van der Waals surface area contributed by atoms with E-state index in [-0.39, 0.29) is 11.8 Å². The van der Waals surface area contributed by atoms with Gasteiger partial charge < -0.3 is 9.64 Å². The number of nitrogens with one attached hydrogen (secondary N) is 1. The first-order valence-electron chi connectivity index (χ1n) is 8.95. The molecule has 1 fully saturated rings. The largest absolute Gasteiger partial charge is 0.465 e. The van der Waals surface area contributed by atoms with Crippen molar-refractivity contribution >= 4 is 21.7 Å². The molecule has 0 aromatic heterocycles. The molecule has 0 radical (unpaired) electrons. The summed E-state index contributed by atoms with van der Waals surface area (Å²) in [5.41, 5.74) is 2.37. The second-order valence-corrected chi connectivity index (χ2v) is 8.62.